The minimum Gasteiger partial charge on any atom is -0.480 e. The molecule has 0 bridgehead atoms. The zero-order valence-electron chi connectivity index (χ0n) is 18.0. The van der Waals surface area contributed by atoms with Gasteiger partial charge in [0.05, 0.1) is 0 Å². The molecule has 2 aromatic carbocycles. The van der Waals surface area contributed by atoms with E-state index in [1.54, 1.807) is 0 Å². The summed E-state index contributed by atoms with van der Waals surface area (Å²) in [5.74, 6) is 0.735. The van der Waals surface area contributed by atoms with Gasteiger partial charge in [0.1, 0.15) is 5.75 Å². The Labute approximate surface area is 175 Å². The van der Waals surface area contributed by atoms with E-state index < -0.39 is 6.10 Å². The predicted molar refractivity (Wildman–Crippen MR) is 118 cm³/mol. The molecule has 1 fully saturated rings. The number of nitrogens with zero attached hydrogens (tertiary/aromatic N) is 1. The molecule has 4 heteroatoms. The Bertz CT molecular complexity index is 812. The predicted octanol–water partition coefficient (Wildman–Crippen LogP) is 4.76. The molecule has 0 spiro atoms. The fraction of sp³-hybridized carbons (Fsp3) is 0.480. The van der Waals surface area contributed by atoms with Crippen LogP contribution in [-0.2, 0) is 17.9 Å². The third-order valence-corrected chi connectivity index (χ3v) is 5.90. The molecule has 29 heavy (non-hydrogen) atoms. The van der Waals surface area contributed by atoms with Crippen LogP contribution in [0.2, 0.25) is 0 Å². The number of nitrogens with one attached hydrogen (secondary N) is 1. The number of hydrogen-bond donors (Lipinski definition) is 1. The van der Waals surface area contributed by atoms with Gasteiger partial charge in [-0.3, -0.25) is 9.69 Å². The molecule has 1 aliphatic heterocycles. The van der Waals surface area contributed by atoms with E-state index in [2.05, 4.69) is 41.4 Å². The lowest BCUT2D eigenvalue weighted by molar-refractivity contribution is -0.128. The van der Waals surface area contributed by atoms with E-state index in [4.69, 9.17) is 4.74 Å². The first-order valence-corrected chi connectivity index (χ1v) is 10.9. The fourth-order valence-electron chi connectivity index (χ4n) is 3.87. The van der Waals surface area contributed by atoms with Crippen molar-refractivity contribution in [2.45, 2.75) is 65.6 Å². The third-order valence-electron chi connectivity index (χ3n) is 5.90. The molecule has 4 nitrogen and oxygen atoms in total. The zero-order valence-corrected chi connectivity index (χ0v) is 18.0. The Hall–Kier alpha value is -2.33. The van der Waals surface area contributed by atoms with Crippen LogP contribution in [0.3, 0.4) is 0 Å². The van der Waals surface area contributed by atoms with Crippen LogP contribution in [0.4, 0.5) is 0 Å². The lowest BCUT2D eigenvalue weighted by Crippen LogP contribution is -2.38. The third kappa shape index (κ3) is 5.83. The molecular weight excluding hydrogens is 360 g/mol. The maximum Gasteiger partial charge on any atom is 0.261 e. The number of amides is 1. The molecule has 1 heterocycles. The highest BCUT2D eigenvalue weighted by Gasteiger charge is 2.20. The van der Waals surface area contributed by atoms with Gasteiger partial charge < -0.3 is 10.1 Å². The van der Waals surface area contributed by atoms with Gasteiger partial charge in [-0.25, -0.2) is 0 Å². The topological polar surface area (TPSA) is 41.6 Å². The summed E-state index contributed by atoms with van der Waals surface area (Å²) in [7, 11) is 0. The summed E-state index contributed by atoms with van der Waals surface area (Å²) in [6.07, 6.45) is 4.06. The second-order valence-electron chi connectivity index (χ2n) is 8.04. The number of likely N-dealkylation sites (tertiary alicyclic amines) is 1. The van der Waals surface area contributed by atoms with Crippen LogP contribution in [-0.4, -0.2) is 30.0 Å². The number of carbonyl (C=O) groups excluding carboxylic acids is 1. The molecule has 1 amide bonds. The first kappa shape index (κ1) is 21.4. The van der Waals surface area contributed by atoms with Crippen LogP contribution in [0, 0.1) is 13.8 Å². The Morgan fingerprint density at radius 1 is 1.03 bits per heavy atom. The summed E-state index contributed by atoms with van der Waals surface area (Å²) in [6, 6.07) is 14.4. The van der Waals surface area contributed by atoms with Gasteiger partial charge in [-0.2, -0.15) is 0 Å². The Morgan fingerprint density at radius 3 is 2.48 bits per heavy atom. The van der Waals surface area contributed by atoms with Crippen LogP contribution < -0.4 is 10.1 Å². The lowest BCUT2D eigenvalue weighted by atomic mass is 10.0. The average molecular weight is 395 g/mol. The quantitative estimate of drug-likeness (QED) is 0.702. The van der Waals surface area contributed by atoms with Crippen LogP contribution in [0.15, 0.2) is 42.5 Å². The molecule has 1 saturated heterocycles. The molecular formula is C25H34N2O2. The van der Waals surface area contributed by atoms with Gasteiger partial charge in [-0.05, 0) is 74.5 Å². The van der Waals surface area contributed by atoms with Crippen molar-refractivity contribution in [3.05, 3.63) is 64.7 Å². The highest BCUT2D eigenvalue weighted by atomic mass is 16.5. The first-order chi connectivity index (χ1) is 14.1. The van der Waals surface area contributed by atoms with Crippen molar-refractivity contribution < 1.29 is 9.53 Å². The number of rotatable bonds is 8. The lowest BCUT2D eigenvalue weighted by Gasteiger charge is -2.27. The van der Waals surface area contributed by atoms with Crippen molar-refractivity contribution >= 4 is 5.91 Å². The van der Waals surface area contributed by atoms with Gasteiger partial charge in [-0.15, -0.1) is 0 Å². The van der Waals surface area contributed by atoms with Crippen molar-refractivity contribution in [2.75, 3.05) is 13.1 Å². The number of piperidine rings is 1. The summed E-state index contributed by atoms with van der Waals surface area (Å²) in [5, 5.41) is 3.10. The molecule has 1 N–H and O–H groups in total. The van der Waals surface area contributed by atoms with Gasteiger partial charge >= 0.3 is 0 Å². The van der Waals surface area contributed by atoms with Crippen LogP contribution in [0.1, 0.15) is 54.9 Å². The second kappa shape index (κ2) is 10.4. The number of aryl methyl sites for hydroxylation is 1. The highest BCUT2D eigenvalue weighted by molar-refractivity contribution is 5.81. The summed E-state index contributed by atoms with van der Waals surface area (Å²) in [4.78, 5) is 15.3. The minimum atomic E-state index is -0.482. The van der Waals surface area contributed by atoms with Crippen molar-refractivity contribution in [1.29, 1.82) is 0 Å². The Kier molecular flexibility index (Phi) is 7.70. The Balaban J connectivity index is 1.61. The SMILES string of the molecule is CCC(Oc1cccc(C)c1C)C(=O)NCc1ccccc1CN1CCCCC1. The molecule has 0 radical (unpaired) electrons. The summed E-state index contributed by atoms with van der Waals surface area (Å²) in [6.45, 7) is 9.91. The van der Waals surface area contributed by atoms with E-state index in [-0.39, 0.29) is 5.91 Å². The maximum absolute atomic E-state index is 12.8. The minimum absolute atomic E-state index is 0.0545. The number of ether oxygens (including phenoxy) is 1. The average Bonchev–Trinajstić information content (AvgIpc) is 2.74. The smallest absolute Gasteiger partial charge is 0.261 e. The summed E-state index contributed by atoms with van der Waals surface area (Å²) in [5.41, 5.74) is 4.75. The summed E-state index contributed by atoms with van der Waals surface area (Å²) < 4.78 is 6.06. The van der Waals surface area contributed by atoms with E-state index in [1.165, 1.54) is 49.0 Å². The molecule has 2 aromatic rings. The monoisotopic (exact) mass is 394 g/mol. The van der Waals surface area contributed by atoms with E-state index in [1.807, 2.05) is 32.0 Å². The molecule has 1 aliphatic rings. The largest absolute Gasteiger partial charge is 0.480 e. The fourth-order valence-corrected chi connectivity index (χ4v) is 3.87. The summed E-state index contributed by atoms with van der Waals surface area (Å²) >= 11 is 0. The van der Waals surface area contributed by atoms with Gasteiger partial charge in [0.2, 0.25) is 0 Å². The molecule has 1 atom stereocenters. The molecule has 1 unspecified atom stereocenters. The van der Waals surface area contributed by atoms with Crippen LogP contribution in [0.25, 0.3) is 0 Å². The standard InChI is InChI=1S/C25H34N2O2/c1-4-23(29-24-14-10-11-19(2)20(24)3)25(28)26-17-21-12-6-7-13-22(21)18-27-15-8-5-9-16-27/h6-7,10-14,23H,4-5,8-9,15-18H2,1-3H3,(H,26,28). The van der Waals surface area contributed by atoms with Crippen molar-refractivity contribution in [2.24, 2.45) is 0 Å². The molecule has 0 aliphatic carbocycles. The number of benzene rings is 2. The first-order valence-electron chi connectivity index (χ1n) is 10.9. The second-order valence-corrected chi connectivity index (χ2v) is 8.04. The van der Waals surface area contributed by atoms with Gasteiger partial charge in [0.15, 0.2) is 6.10 Å². The van der Waals surface area contributed by atoms with E-state index >= 15 is 0 Å². The normalized spacial score (nSPS) is 15.7. The van der Waals surface area contributed by atoms with E-state index in [0.717, 1.165) is 17.9 Å². The van der Waals surface area contributed by atoms with Gasteiger partial charge in [0.25, 0.3) is 5.91 Å². The number of carbonyl (C=O) groups is 1. The van der Waals surface area contributed by atoms with Crippen LogP contribution >= 0.6 is 0 Å². The zero-order chi connectivity index (χ0) is 20.6. The highest BCUT2D eigenvalue weighted by Crippen LogP contribution is 2.22. The van der Waals surface area contributed by atoms with E-state index in [0.29, 0.717) is 13.0 Å². The molecule has 156 valence electrons. The molecule has 3 rings (SSSR count). The number of hydrogen-bond acceptors (Lipinski definition) is 3. The van der Waals surface area contributed by atoms with Crippen molar-refractivity contribution in [1.82, 2.24) is 10.2 Å². The Morgan fingerprint density at radius 2 is 1.76 bits per heavy atom. The maximum atomic E-state index is 12.8. The van der Waals surface area contributed by atoms with Gasteiger partial charge in [-0.1, -0.05) is 49.7 Å². The molecule has 0 aromatic heterocycles. The van der Waals surface area contributed by atoms with Gasteiger partial charge in [0, 0.05) is 13.1 Å². The van der Waals surface area contributed by atoms with Crippen LogP contribution in [0.5, 0.6) is 5.75 Å². The van der Waals surface area contributed by atoms with Crippen molar-refractivity contribution in [3.63, 3.8) is 0 Å². The molecule has 0 saturated carbocycles. The van der Waals surface area contributed by atoms with Crippen molar-refractivity contribution in [3.8, 4) is 5.75 Å². The van der Waals surface area contributed by atoms with E-state index in [9.17, 15) is 4.79 Å².